The van der Waals surface area contributed by atoms with Gasteiger partial charge >= 0.3 is 0 Å². The summed E-state index contributed by atoms with van der Waals surface area (Å²) < 4.78 is 0. The predicted molar refractivity (Wildman–Crippen MR) is 81.2 cm³/mol. The zero-order valence-electron chi connectivity index (χ0n) is 11.5. The van der Waals surface area contributed by atoms with Crippen LogP contribution in [-0.4, -0.2) is 9.97 Å². The molecule has 3 rings (SSSR count). The molecule has 100 valence electrons. The van der Waals surface area contributed by atoms with Gasteiger partial charge in [-0.25, -0.2) is 0 Å². The predicted octanol–water partition coefficient (Wildman–Crippen LogP) is 3.48. The molecular formula is C17H17N3. The van der Waals surface area contributed by atoms with E-state index in [1.807, 2.05) is 42.7 Å². The van der Waals surface area contributed by atoms with Crippen molar-refractivity contribution in [2.24, 2.45) is 0 Å². The van der Waals surface area contributed by atoms with E-state index >= 15 is 0 Å². The van der Waals surface area contributed by atoms with Crippen LogP contribution >= 0.6 is 0 Å². The molecule has 0 aliphatic carbocycles. The zero-order valence-corrected chi connectivity index (χ0v) is 11.5. The lowest BCUT2D eigenvalue weighted by Crippen LogP contribution is -2.18. The van der Waals surface area contributed by atoms with E-state index in [9.17, 15) is 0 Å². The number of para-hydroxylation sites is 1. The molecular weight excluding hydrogens is 246 g/mol. The molecule has 1 unspecified atom stereocenters. The highest BCUT2D eigenvalue weighted by Gasteiger charge is 2.05. The number of pyridine rings is 2. The van der Waals surface area contributed by atoms with Crippen molar-refractivity contribution in [2.45, 2.75) is 19.5 Å². The Labute approximate surface area is 118 Å². The molecule has 1 atom stereocenters. The molecule has 20 heavy (non-hydrogen) atoms. The summed E-state index contributed by atoms with van der Waals surface area (Å²) in [5.41, 5.74) is 3.34. The van der Waals surface area contributed by atoms with Crippen LogP contribution in [0.4, 0.5) is 0 Å². The summed E-state index contributed by atoms with van der Waals surface area (Å²) >= 11 is 0. The summed E-state index contributed by atoms with van der Waals surface area (Å²) in [6.07, 6.45) is 3.64. The molecule has 0 saturated heterocycles. The van der Waals surface area contributed by atoms with E-state index in [0.29, 0.717) is 0 Å². The minimum atomic E-state index is 0.284. The summed E-state index contributed by atoms with van der Waals surface area (Å²) in [6.45, 7) is 2.91. The third kappa shape index (κ3) is 2.83. The van der Waals surface area contributed by atoms with Gasteiger partial charge in [0.2, 0.25) is 0 Å². The van der Waals surface area contributed by atoms with Crippen LogP contribution in [0, 0.1) is 0 Å². The van der Waals surface area contributed by atoms with E-state index in [1.165, 1.54) is 10.9 Å². The van der Waals surface area contributed by atoms with Crippen LogP contribution in [-0.2, 0) is 6.54 Å². The van der Waals surface area contributed by atoms with Gasteiger partial charge in [-0.2, -0.15) is 0 Å². The van der Waals surface area contributed by atoms with E-state index in [-0.39, 0.29) is 6.04 Å². The topological polar surface area (TPSA) is 37.8 Å². The van der Waals surface area contributed by atoms with Crippen LogP contribution in [0.25, 0.3) is 10.9 Å². The first kappa shape index (κ1) is 12.8. The molecule has 0 fully saturated rings. The molecule has 1 aromatic carbocycles. The minimum Gasteiger partial charge on any atom is -0.305 e. The Bertz CT molecular complexity index is 695. The van der Waals surface area contributed by atoms with E-state index in [2.05, 4.69) is 40.4 Å². The molecule has 0 bridgehead atoms. The highest BCUT2D eigenvalue weighted by molar-refractivity contribution is 5.78. The van der Waals surface area contributed by atoms with Gasteiger partial charge in [0.25, 0.3) is 0 Å². The highest BCUT2D eigenvalue weighted by Crippen LogP contribution is 2.14. The first-order valence-corrected chi connectivity index (χ1v) is 6.81. The SMILES string of the molecule is CC(NCc1ccc2ccccc2n1)c1ccncc1. The Morgan fingerprint density at radius 2 is 1.80 bits per heavy atom. The number of rotatable bonds is 4. The van der Waals surface area contributed by atoms with Gasteiger partial charge in [-0.3, -0.25) is 9.97 Å². The summed E-state index contributed by atoms with van der Waals surface area (Å²) in [5, 5.41) is 4.67. The quantitative estimate of drug-likeness (QED) is 0.783. The van der Waals surface area contributed by atoms with Gasteiger partial charge < -0.3 is 5.32 Å². The van der Waals surface area contributed by atoms with Gasteiger partial charge in [0, 0.05) is 30.4 Å². The van der Waals surface area contributed by atoms with Crippen LogP contribution < -0.4 is 5.32 Å². The second-order valence-corrected chi connectivity index (χ2v) is 4.88. The first-order chi connectivity index (χ1) is 9.83. The summed E-state index contributed by atoms with van der Waals surface area (Å²) in [5.74, 6) is 0. The molecule has 0 spiro atoms. The monoisotopic (exact) mass is 263 g/mol. The molecule has 0 saturated carbocycles. The van der Waals surface area contributed by atoms with E-state index < -0.39 is 0 Å². The fraction of sp³-hybridized carbons (Fsp3) is 0.176. The average Bonchev–Trinajstić information content (AvgIpc) is 2.53. The van der Waals surface area contributed by atoms with Crippen LogP contribution in [0.5, 0.6) is 0 Å². The van der Waals surface area contributed by atoms with Crippen LogP contribution in [0.15, 0.2) is 60.9 Å². The number of benzene rings is 1. The molecule has 0 radical (unpaired) electrons. The third-order valence-corrected chi connectivity index (χ3v) is 3.45. The molecule has 2 aromatic heterocycles. The van der Waals surface area contributed by atoms with Crippen molar-refractivity contribution < 1.29 is 0 Å². The van der Waals surface area contributed by atoms with Crippen molar-refractivity contribution >= 4 is 10.9 Å². The second-order valence-electron chi connectivity index (χ2n) is 4.88. The fourth-order valence-electron chi connectivity index (χ4n) is 2.23. The molecule has 3 aromatic rings. The standard InChI is InChI=1S/C17H17N3/c1-13(14-8-10-18-11-9-14)19-12-16-7-6-15-4-2-3-5-17(15)20-16/h2-11,13,19H,12H2,1H3. The molecule has 1 N–H and O–H groups in total. The lowest BCUT2D eigenvalue weighted by atomic mass is 10.1. The first-order valence-electron chi connectivity index (χ1n) is 6.81. The number of aromatic nitrogens is 2. The highest BCUT2D eigenvalue weighted by atomic mass is 14.9. The second kappa shape index (κ2) is 5.80. The van der Waals surface area contributed by atoms with Gasteiger partial charge in [-0.15, -0.1) is 0 Å². The number of nitrogens with one attached hydrogen (secondary N) is 1. The van der Waals surface area contributed by atoms with Crippen molar-refractivity contribution in [3.8, 4) is 0 Å². The number of hydrogen-bond acceptors (Lipinski definition) is 3. The summed E-state index contributed by atoms with van der Waals surface area (Å²) in [4.78, 5) is 8.71. The molecule has 2 heterocycles. The summed E-state index contributed by atoms with van der Waals surface area (Å²) in [6, 6.07) is 16.7. The Balaban J connectivity index is 1.70. The Hall–Kier alpha value is -2.26. The molecule has 0 aliphatic rings. The summed E-state index contributed by atoms with van der Waals surface area (Å²) in [7, 11) is 0. The number of fused-ring (bicyclic) bond motifs is 1. The van der Waals surface area contributed by atoms with Crippen molar-refractivity contribution in [2.75, 3.05) is 0 Å². The van der Waals surface area contributed by atoms with Gasteiger partial charge in [0.1, 0.15) is 0 Å². The van der Waals surface area contributed by atoms with Crippen molar-refractivity contribution in [3.05, 3.63) is 72.2 Å². The Kier molecular flexibility index (Phi) is 3.70. The smallest absolute Gasteiger partial charge is 0.0705 e. The van der Waals surface area contributed by atoms with E-state index in [0.717, 1.165) is 17.8 Å². The Morgan fingerprint density at radius 1 is 1.00 bits per heavy atom. The van der Waals surface area contributed by atoms with Gasteiger partial charge in [0.05, 0.1) is 11.2 Å². The maximum Gasteiger partial charge on any atom is 0.0705 e. The molecule has 3 nitrogen and oxygen atoms in total. The normalized spacial score (nSPS) is 12.4. The average molecular weight is 263 g/mol. The maximum atomic E-state index is 4.67. The third-order valence-electron chi connectivity index (χ3n) is 3.45. The Morgan fingerprint density at radius 3 is 2.65 bits per heavy atom. The van der Waals surface area contributed by atoms with Crippen molar-refractivity contribution in [1.82, 2.24) is 15.3 Å². The van der Waals surface area contributed by atoms with Crippen LogP contribution in [0.1, 0.15) is 24.2 Å². The van der Waals surface area contributed by atoms with Crippen LogP contribution in [0.2, 0.25) is 0 Å². The lowest BCUT2D eigenvalue weighted by molar-refractivity contribution is 0.568. The fourth-order valence-corrected chi connectivity index (χ4v) is 2.23. The van der Waals surface area contributed by atoms with Crippen molar-refractivity contribution in [1.29, 1.82) is 0 Å². The number of hydrogen-bond donors (Lipinski definition) is 1. The number of nitrogens with zero attached hydrogens (tertiary/aromatic N) is 2. The zero-order chi connectivity index (χ0) is 13.8. The lowest BCUT2D eigenvalue weighted by Gasteiger charge is -2.13. The molecule has 3 heteroatoms. The molecule has 0 aliphatic heterocycles. The van der Waals surface area contributed by atoms with Gasteiger partial charge in [0.15, 0.2) is 0 Å². The molecule has 0 amide bonds. The minimum absolute atomic E-state index is 0.284. The van der Waals surface area contributed by atoms with E-state index in [4.69, 9.17) is 0 Å². The maximum absolute atomic E-state index is 4.67. The van der Waals surface area contributed by atoms with Gasteiger partial charge in [-0.05, 0) is 36.8 Å². The van der Waals surface area contributed by atoms with Crippen LogP contribution in [0.3, 0.4) is 0 Å². The van der Waals surface area contributed by atoms with Crippen molar-refractivity contribution in [3.63, 3.8) is 0 Å². The van der Waals surface area contributed by atoms with E-state index in [1.54, 1.807) is 0 Å². The largest absolute Gasteiger partial charge is 0.305 e. The van der Waals surface area contributed by atoms with Gasteiger partial charge in [-0.1, -0.05) is 24.3 Å².